The van der Waals surface area contributed by atoms with E-state index in [2.05, 4.69) is 0 Å². The van der Waals surface area contributed by atoms with Crippen LogP contribution in [0.25, 0.3) is 0 Å². The zero-order valence-electron chi connectivity index (χ0n) is 9.54. The highest BCUT2D eigenvalue weighted by molar-refractivity contribution is 5.84. The summed E-state index contributed by atoms with van der Waals surface area (Å²) >= 11 is 0. The van der Waals surface area contributed by atoms with Crippen LogP contribution in [0.3, 0.4) is 0 Å². The maximum atomic E-state index is 11.2. The smallest absolute Gasteiger partial charge is 0.272 e. The Morgan fingerprint density at radius 2 is 1.89 bits per heavy atom. The summed E-state index contributed by atoms with van der Waals surface area (Å²) in [7, 11) is 0. The first-order chi connectivity index (χ1) is 8.41. The topological polar surface area (TPSA) is 129 Å². The number of amides is 2. The molecule has 0 aliphatic heterocycles. The third kappa shape index (κ3) is 3.55. The van der Waals surface area contributed by atoms with Crippen LogP contribution in [0.5, 0.6) is 0 Å². The third-order valence-corrected chi connectivity index (χ3v) is 2.50. The molecule has 1 unspecified atom stereocenters. The molecule has 7 nitrogen and oxygen atoms in total. The fourth-order valence-electron chi connectivity index (χ4n) is 1.64. The lowest BCUT2D eigenvalue weighted by Gasteiger charge is -2.11. The van der Waals surface area contributed by atoms with Crippen LogP contribution in [0, 0.1) is 16.0 Å². The Kier molecular flexibility index (Phi) is 4.36. The molecule has 0 fully saturated rings. The number of nitro groups is 1. The van der Waals surface area contributed by atoms with E-state index in [0.717, 1.165) is 0 Å². The van der Waals surface area contributed by atoms with Crippen LogP contribution in [0.4, 0.5) is 5.69 Å². The third-order valence-electron chi connectivity index (χ3n) is 2.50. The number of nitro benzene ring substituents is 1. The lowest BCUT2D eigenvalue weighted by atomic mass is 9.94. The molecule has 0 aliphatic carbocycles. The molecule has 0 aromatic heterocycles. The lowest BCUT2D eigenvalue weighted by molar-refractivity contribution is -0.385. The first-order valence-corrected chi connectivity index (χ1v) is 5.21. The highest BCUT2D eigenvalue weighted by atomic mass is 16.6. The van der Waals surface area contributed by atoms with Crippen molar-refractivity contribution in [3.63, 3.8) is 0 Å². The normalized spacial score (nSPS) is 11.8. The minimum atomic E-state index is -0.830. The van der Waals surface area contributed by atoms with Gasteiger partial charge in [-0.3, -0.25) is 19.7 Å². The van der Waals surface area contributed by atoms with E-state index in [-0.39, 0.29) is 18.5 Å². The lowest BCUT2D eigenvalue weighted by Crippen LogP contribution is -2.29. The average molecular weight is 251 g/mol. The molecule has 0 aliphatic rings. The molecule has 0 saturated heterocycles. The van der Waals surface area contributed by atoms with Gasteiger partial charge in [0, 0.05) is 18.1 Å². The second-order valence-electron chi connectivity index (χ2n) is 3.86. The van der Waals surface area contributed by atoms with Crippen molar-refractivity contribution in [1.29, 1.82) is 0 Å². The molecular weight excluding hydrogens is 238 g/mol. The van der Waals surface area contributed by atoms with Crippen molar-refractivity contribution < 1.29 is 14.5 Å². The molecule has 4 N–H and O–H groups in total. The van der Waals surface area contributed by atoms with Gasteiger partial charge in [-0.05, 0) is 6.42 Å². The van der Waals surface area contributed by atoms with Gasteiger partial charge in [0.15, 0.2) is 0 Å². The van der Waals surface area contributed by atoms with E-state index in [1.165, 1.54) is 18.2 Å². The Morgan fingerprint density at radius 1 is 1.28 bits per heavy atom. The van der Waals surface area contributed by atoms with E-state index in [9.17, 15) is 19.7 Å². The Hall–Kier alpha value is -2.44. The number of carbonyl (C=O) groups is 2. The molecule has 0 heterocycles. The molecular formula is C11H13N3O4. The molecule has 0 radical (unpaired) electrons. The molecule has 1 aromatic carbocycles. The van der Waals surface area contributed by atoms with Crippen LogP contribution < -0.4 is 11.5 Å². The number of hydrogen-bond acceptors (Lipinski definition) is 4. The van der Waals surface area contributed by atoms with Crippen LogP contribution in [0.2, 0.25) is 0 Å². The van der Waals surface area contributed by atoms with Gasteiger partial charge in [0.2, 0.25) is 11.8 Å². The summed E-state index contributed by atoms with van der Waals surface area (Å²) in [5.74, 6) is -2.20. The van der Waals surface area contributed by atoms with Crippen molar-refractivity contribution >= 4 is 17.5 Å². The average Bonchev–Trinajstić information content (AvgIpc) is 2.27. The van der Waals surface area contributed by atoms with E-state index in [1.807, 2.05) is 0 Å². The van der Waals surface area contributed by atoms with Crippen molar-refractivity contribution in [2.45, 2.75) is 12.8 Å². The number of benzene rings is 1. The van der Waals surface area contributed by atoms with E-state index in [1.54, 1.807) is 6.07 Å². The van der Waals surface area contributed by atoms with Gasteiger partial charge in [-0.2, -0.15) is 0 Å². The number of para-hydroxylation sites is 1. The van der Waals surface area contributed by atoms with Crippen molar-refractivity contribution in [2.75, 3.05) is 0 Å². The summed E-state index contributed by atoms with van der Waals surface area (Å²) in [6.07, 6.45) is -0.198. The Bertz CT molecular complexity index is 487. The SMILES string of the molecule is NC(=O)CC(Cc1ccccc1[N+](=O)[O-])C(N)=O. The van der Waals surface area contributed by atoms with Gasteiger partial charge in [0.1, 0.15) is 0 Å². The Morgan fingerprint density at radius 3 is 2.39 bits per heavy atom. The molecule has 0 bridgehead atoms. The standard InChI is InChI=1S/C11H13N3O4/c12-10(15)6-8(11(13)16)5-7-3-1-2-4-9(7)14(17)18/h1-4,8H,5-6H2,(H2,12,15)(H2,13,16). The molecule has 0 spiro atoms. The van der Waals surface area contributed by atoms with Crippen LogP contribution in [0.1, 0.15) is 12.0 Å². The number of nitrogens with two attached hydrogens (primary N) is 2. The van der Waals surface area contributed by atoms with Crippen molar-refractivity contribution in [3.05, 3.63) is 39.9 Å². The largest absolute Gasteiger partial charge is 0.370 e. The minimum absolute atomic E-state index is 0.0232. The van der Waals surface area contributed by atoms with E-state index < -0.39 is 22.7 Å². The zero-order valence-corrected chi connectivity index (χ0v) is 9.54. The number of hydrogen-bond donors (Lipinski definition) is 2. The summed E-state index contributed by atoms with van der Waals surface area (Å²) in [6, 6.07) is 5.99. The summed E-state index contributed by atoms with van der Waals surface area (Å²) in [6.45, 7) is 0. The summed E-state index contributed by atoms with van der Waals surface area (Å²) in [5, 5.41) is 10.8. The second-order valence-corrected chi connectivity index (χ2v) is 3.86. The minimum Gasteiger partial charge on any atom is -0.370 e. The summed E-state index contributed by atoms with van der Waals surface area (Å²) in [5.41, 5.74) is 10.4. The molecule has 1 rings (SSSR count). The Balaban J connectivity index is 2.97. The number of nitrogens with zero attached hydrogens (tertiary/aromatic N) is 1. The van der Waals surface area contributed by atoms with Crippen LogP contribution in [0.15, 0.2) is 24.3 Å². The van der Waals surface area contributed by atoms with Gasteiger partial charge in [0.25, 0.3) is 5.69 Å². The first-order valence-electron chi connectivity index (χ1n) is 5.21. The molecule has 18 heavy (non-hydrogen) atoms. The number of carbonyl (C=O) groups excluding carboxylic acids is 2. The Labute approximate surface area is 103 Å². The van der Waals surface area contributed by atoms with Gasteiger partial charge in [-0.15, -0.1) is 0 Å². The molecule has 0 saturated carbocycles. The van der Waals surface area contributed by atoms with Gasteiger partial charge >= 0.3 is 0 Å². The fourth-order valence-corrected chi connectivity index (χ4v) is 1.64. The molecule has 1 aromatic rings. The second kappa shape index (κ2) is 5.76. The van der Waals surface area contributed by atoms with E-state index in [4.69, 9.17) is 11.5 Å². The zero-order chi connectivity index (χ0) is 13.7. The fraction of sp³-hybridized carbons (Fsp3) is 0.273. The van der Waals surface area contributed by atoms with Gasteiger partial charge < -0.3 is 11.5 Å². The van der Waals surface area contributed by atoms with Gasteiger partial charge in [-0.1, -0.05) is 18.2 Å². The van der Waals surface area contributed by atoms with E-state index >= 15 is 0 Å². The van der Waals surface area contributed by atoms with Crippen molar-refractivity contribution in [2.24, 2.45) is 17.4 Å². The predicted molar refractivity (Wildman–Crippen MR) is 63.3 cm³/mol. The highest BCUT2D eigenvalue weighted by Gasteiger charge is 2.22. The maximum absolute atomic E-state index is 11.2. The van der Waals surface area contributed by atoms with Crippen molar-refractivity contribution in [3.8, 4) is 0 Å². The molecule has 1 atom stereocenters. The first kappa shape index (κ1) is 13.6. The van der Waals surface area contributed by atoms with Crippen LogP contribution in [-0.4, -0.2) is 16.7 Å². The van der Waals surface area contributed by atoms with Crippen LogP contribution in [-0.2, 0) is 16.0 Å². The molecule has 96 valence electrons. The number of rotatable bonds is 6. The van der Waals surface area contributed by atoms with Gasteiger partial charge in [-0.25, -0.2) is 0 Å². The predicted octanol–water partition coefficient (Wildman–Crippen LogP) is 0.114. The van der Waals surface area contributed by atoms with Crippen molar-refractivity contribution in [1.82, 2.24) is 0 Å². The van der Waals surface area contributed by atoms with Gasteiger partial charge in [0.05, 0.1) is 10.8 Å². The summed E-state index contributed by atoms with van der Waals surface area (Å²) in [4.78, 5) is 32.2. The highest BCUT2D eigenvalue weighted by Crippen LogP contribution is 2.22. The number of primary amides is 2. The van der Waals surface area contributed by atoms with E-state index in [0.29, 0.717) is 5.56 Å². The molecule has 7 heteroatoms. The maximum Gasteiger partial charge on any atom is 0.272 e. The summed E-state index contributed by atoms with van der Waals surface area (Å²) < 4.78 is 0. The molecule has 2 amide bonds. The quantitative estimate of drug-likeness (QED) is 0.549. The van der Waals surface area contributed by atoms with Crippen LogP contribution >= 0.6 is 0 Å². The monoisotopic (exact) mass is 251 g/mol.